The van der Waals surface area contributed by atoms with Crippen LogP contribution in [-0.4, -0.2) is 31.9 Å². The molecule has 1 amide bonds. The first kappa shape index (κ1) is 18.8. The molecule has 9 heteroatoms. The van der Waals surface area contributed by atoms with Crippen molar-refractivity contribution in [2.24, 2.45) is 0 Å². The summed E-state index contributed by atoms with van der Waals surface area (Å²) in [6.07, 6.45) is 4.10. The van der Waals surface area contributed by atoms with Crippen molar-refractivity contribution in [3.8, 4) is 0 Å². The van der Waals surface area contributed by atoms with Crippen molar-refractivity contribution < 1.29 is 14.7 Å². The summed E-state index contributed by atoms with van der Waals surface area (Å²) in [6.45, 7) is 0. The van der Waals surface area contributed by atoms with Crippen molar-refractivity contribution in [1.82, 2.24) is 15.0 Å². The zero-order valence-electron chi connectivity index (χ0n) is 15.0. The van der Waals surface area contributed by atoms with Gasteiger partial charge in [-0.1, -0.05) is 12.1 Å². The fourth-order valence-corrected chi connectivity index (χ4v) is 4.04. The lowest BCUT2D eigenvalue weighted by Gasteiger charge is -2.20. The Kier molecular flexibility index (Phi) is 4.43. The molecule has 2 aromatic heterocycles. The van der Waals surface area contributed by atoms with Crippen LogP contribution in [0.1, 0.15) is 27.2 Å². The number of rotatable bonds is 3. The number of hydrogen-bond donors (Lipinski definition) is 3. The summed E-state index contributed by atoms with van der Waals surface area (Å²) in [4.78, 5) is 35.9. The van der Waals surface area contributed by atoms with Gasteiger partial charge in [0, 0.05) is 23.5 Å². The highest BCUT2D eigenvalue weighted by Gasteiger charge is 2.51. The number of fused-ring (bicyclic) bond motifs is 3. The van der Waals surface area contributed by atoms with Crippen LogP contribution in [0.5, 0.6) is 0 Å². The first-order valence-electron chi connectivity index (χ1n) is 8.76. The third kappa shape index (κ3) is 2.98. The molecule has 0 saturated carbocycles. The molecule has 0 radical (unpaired) electrons. The second-order valence-corrected chi connectivity index (χ2v) is 6.99. The van der Waals surface area contributed by atoms with Crippen LogP contribution >= 0.6 is 12.4 Å². The normalized spacial score (nSPS) is 18.6. The lowest BCUT2D eigenvalue weighted by Crippen LogP contribution is -2.35. The molecule has 0 fully saturated rings. The molecule has 146 valence electrons. The molecule has 29 heavy (non-hydrogen) atoms. The maximum Gasteiger partial charge on any atom is 0.354 e. The number of carbonyl (C=O) groups excluding carboxylic acids is 1. The topological polar surface area (TPSA) is 117 Å². The first-order valence-corrected chi connectivity index (χ1v) is 8.76. The number of aromatic carboxylic acids is 1. The maximum absolute atomic E-state index is 12.8. The van der Waals surface area contributed by atoms with Crippen molar-refractivity contribution in [1.29, 1.82) is 0 Å². The van der Waals surface area contributed by atoms with Gasteiger partial charge in [0.05, 0.1) is 5.41 Å². The Labute approximate surface area is 171 Å². The van der Waals surface area contributed by atoms with Crippen molar-refractivity contribution in [3.05, 3.63) is 71.3 Å². The molecule has 1 aromatic carbocycles. The van der Waals surface area contributed by atoms with E-state index in [-0.39, 0.29) is 24.0 Å². The highest BCUT2D eigenvalue weighted by atomic mass is 35.5. The van der Waals surface area contributed by atoms with Crippen LogP contribution in [0, 0.1) is 0 Å². The molecule has 3 heterocycles. The number of amides is 1. The van der Waals surface area contributed by atoms with E-state index in [1.165, 1.54) is 12.4 Å². The number of nitrogens with one attached hydrogen (secondary N) is 2. The number of carboxylic acid groups (broad SMARTS) is 1. The third-order valence-corrected chi connectivity index (χ3v) is 5.34. The highest BCUT2D eigenvalue weighted by molar-refractivity contribution is 6.06. The summed E-state index contributed by atoms with van der Waals surface area (Å²) in [6, 6.07) is 11.1. The largest absolute Gasteiger partial charge is 0.477 e. The minimum Gasteiger partial charge on any atom is -0.477 e. The molecule has 1 aliphatic carbocycles. The molecule has 3 N–H and O–H groups in total. The number of carbonyl (C=O) groups is 2. The fourth-order valence-electron chi connectivity index (χ4n) is 4.04. The zero-order chi connectivity index (χ0) is 19.3. The van der Waals surface area contributed by atoms with Crippen molar-refractivity contribution in [2.75, 3.05) is 10.6 Å². The van der Waals surface area contributed by atoms with Crippen LogP contribution in [0.4, 0.5) is 17.3 Å². The van der Waals surface area contributed by atoms with Crippen molar-refractivity contribution >= 4 is 41.6 Å². The summed E-state index contributed by atoms with van der Waals surface area (Å²) in [5, 5.41) is 15.1. The Balaban J connectivity index is 0.00000205. The van der Waals surface area contributed by atoms with E-state index in [1.807, 2.05) is 30.3 Å². The molecular formula is C20H16ClN5O3. The number of pyridine rings is 1. The molecular weight excluding hydrogens is 394 g/mol. The minimum absolute atomic E-state index is 0. The first-order chi connectivity index (χ1) is 13.5. The second kappa shape index (κ2) is 6.82. The van der Waals surface area contributed by atoms with Crippen LogP contribution in [0.3, 0.4) is 0 Å². The Bertz CT molecular complexity index is 1150. The van der Waals surface area contributed by atoms with Gasteiger partial charge >= 0.3 is 5.97 Å². The average molecular weight is 410 g/mol. The van der Waals surface area contributed by atoms with Gasteiger partial charge in [-0.15, -0.1) is 12.4 Å². The van der Waals surface area contributed by atoms with Crippen LogP contribution in [0.15, 0.2) is 48.9 Å². The van der Waals surface area contributed by atoms with E-state index >= 15 is 0 Å². The Morgan fingerprint density at radius 3 is 2.76 bits per heavy atom. The van der Waals surface area contributed by atoms with E-state index in [4.69, 9.17) is 5.11 Å². The molecule has 1 spiro atoms. The number of hydrogen-bond acceptors (Lipinski definition) is 6. The minimum atomic E-state index is -1.11. The molecule has 1 aliphatic heterocycles. The molecule has 2 aliphatic rings. The van der Waals surface area contributed by atoms with Gasteiger partial charge in [-0.05, 0) is 42.2 Å². The molecule has 1 unspecified atom stereocenters. The average Bonchev–Trinajstić information content (AvgIpc) is 3.20. The number of nitrogens with zero attached hydrogens (tertiary/aromatic N) is 3. The van der Waals surface area contributed by atoms with E-state index in [0.717, 1.165) is 22.4 Å². The molecule has 1 atom stereocenters. The van der Waals surface area contributed by atoms with E-state index in [9.17, 15) is 9.59 Å². The monoisotopic (exact) mass is 409 g/mol. The number of benzene rings is 1. The summed E-state index contributed by atoms with van der Waals surface area (Å²) in [5.74, 6) is -0.0938. The summed E-state index contributed by atoms with van der Waals surface area (Å²) in [7, 11) is 0. The smallest absolute Gasteiger partial charge is 0.354 e. The van der Waals surface area contributed by atoms with Gasteiger partial charge in [0.25, 0.3) is 0 Å². The highest BCUT2D eigenvalue weighted by Crippen LogP contribution is 2.47. The zero-order valence-corrected chi connectivity index (χ0v) is 15.9. The van der Waals surface area contributed by atoms with Gasteiger partial charge in [0.1, 0.15) is 18.0 Å². The Morgan fingerprint density at radius 1 is 1.10 bits per heavy atom. The summed E-state index contributed by atoms with van der Waals surface area (Å²) >= 11 is 0. The van der Waals surface area contributed by atoms with E-state index in [2.05, 4.69) is 25.6 Å². The van der Waals surface area contributed by atoms with Crippen LogP contribution in [0.25, 0.3) is 0 Å². The number of halogens is 1. The molecule has 5 rings (SSSR count). The molecule has 8 nitrogen and oxygen atoms in total. The summed E-state index contributed by atoms with van der Waals surface area (Å²) < 4.78 is 0. The predicted molar refractivity (Wildman–Crippen MR) is 108 cm³/mol. The van der Waals surface area contributed by atoms with Gasteiger partial charge in [-0.2, -0.15) is 0 Å². The third-order valence-electron chi connectivity index (χ3n) is 5.34. The Hall–Kier alpha value is -3.52. The van der Waals surface area contributed by atoms with E-state index in [0.29, 0.717) is 24.5 Å². The van der Waals surface area contributed by atoms with E-state index < -0.39 is 11.4 Å². The van der Waals surface area contributed by atoms with Crippen molar-refractivity contribution in [2.45, 2.75) is 18.3 Å². The second-order valence-electron chi connectivity index (χ2n) is 6.99. The van der Waals surface area contributed by atoms with Gasteiger partial charge in [0.15, 0.2) is 5.69 Å². The van der Waals surface area contributed by atoms with Gasteiger partial charge in [0.2, 0.25) is 5.91 Å². The lowest BCUT2D eigenvalue weighted by atomic mass is 9.79. The summed E-state index contributed by atoms with van der Waals surface area (Å²) in [5.41, 5.74) is 3.21. The quantitative estimate of drug-likeness (QED) is 0.608. The predicted octanol–water partition coefficient (Wildman–Crippen LogP) is 2.72. The van der Waals surface area contributed by atoms with Gasteiger partial charge in [-0.3, -0.25) is 4.79 Å². The van der Waals surface area contributed by atoms with Crippen LogP contribution < -0.4 is 10.6 Å². The lowest BCUT2D eigenvalue weighted by molar-refractivity contribution is -0.120. The number of anilines is 3. The standard InChI is InChI=1S/C20H15N5O3.ClH/c26-18(27)15-7-16(23-10-22-15)24-13-4-3-11-8-20(9-12(11)6-13)14-2-1-5-21-17(14)25-19(20)28;/h1-7,10H,8-9H2,(H,26,27)(H,21,25,28)(H,22,23,24);1H. The maximum atomic E-state index is 12.8. The molecule has 0 saturated heterocycles. The molecule has 3 aromatic rings. The SMILES string of the molecule is Cl.O=C(O)c1cc(Nc2ccc3c(c2)CC2(C3)C(=O)Nc3ncccc32)ncn1. The van der Waals surface area contributed by atoms with Crippen molar-refractivity contribution in [3.63, 3.8) is 0 Å². The Morgan fingerprint density at radius 2 is 1.93 bits per heavy atom. The van der Waals surface area contributed by atoms with Crippen LogP contribution in [0.2, 0.25) is 0 Å². The fraction of sp³-hybridized carbons (Fsp3) is 0.150. The van der Waals surface area contributed by atoms with Gasteiger partial charge in [-0.25, -0.2) is 19.7 Å². The number of carboxylic acids is 1. The van der Waals surface area contributed by atoms with E-state index in [1.54, 1.807) is 6.20 Å². The van der Waals surface area contributed by atoms with Gasteiger partial charge < -0.3 is 15.7 Å². The molecule has 0 bridgehead atoms. The van der Waals surface area contributed by atoms with Crippen LogP contribution in [-0.2, 0) is 23.1 Å². The number of aromatic nitrogens is 3.